The highest BCUT2D eigenvalue weighted by molar-refractivity contribution is 5.73. The van der Waals surface area contributed by atoms with Crippen molar-refractivity contribution in [3.63, 3.8) is 0 Å². The first-order valence-electron chi connectivity index (χ1n) is 4.36. The molecular weight excluding hydrogens is 156 g/mol. The smallest absolute Gasteiger partial charge is 0.320 e. The van der Waals surface area contributed by atoms with Gasteiger partial charge in [-0.15, -0.1) is 0 Å². The van der Waals surface area contributed by atoms with E-state index >= 15 is 0 Å². The molecule has 0 saturated carbocycles. The van der Waals surface area contributed by atoms with Crippen molar-refractivity contribution in [2.24, 2.45) is 11.7 Å². The van der Waals surface area contributed by atoms with Crippen LogP contribution in [-0.4, -0.2) is 41.7 Å². The van der Waals surface area contributed by atoms with Crippen molar-refractivity contribution in [2.45, 2.75) is 19.4 Å². The van der Waals surface area contributed by atoms with Gasteiger partial charge in [0.1, 0.15) is 6.04 Å². The molecule has 0 aromatic rings. The zero-order valence-corrected chi connectivity index (χ0v) is 7.36. The van der Waals surface area contributed by atoms with E-state index in [9.17, 15) is 4.79 Å². The number of carboxylic acid groups (broad SMARTS) is 1. The molecule has 0 bridgehead atoms. The minimum absolute atomic E-state index is 0.141. The second kappa shape index (κ2) is 3.87. The van der Waals surface area contributed by atoms with Crippen LogP contribution in [0.1, 0.15) is 13.3 Å². The molecular formula is C8H16N2O2. The maximum Gasteiger partial charge on any atom is 0.320 e. The summed E-state index contributed by atoms with van der Waals surface area (Å²) in [5, 5.41) is 8.66. The average Bonchev–Trinajstić information content (AvgIpc) is 2.50. The van der Waals surface area contributed by atoms with Gasteiger partial charge in [-0.3, -0.25) is 4.79 Å². The van der Waals surface area contributed by atoms with Gasteiger partial charge in [0.05, 0.1) is 0 Å². The Morgan fingerprint density at radius 1 is 1.83 bits per heavy atom. The van der Waals surface area contributed by atoms with E-state index in [1.807, 2.05) is 0 Å². The minimum Gasteiger partial charge on any atom is -0.480 e. The number of carboxylic acids is 1. The van der Waals surface area contributed by atoms with Gasteiger partial charge < -0.3 is 15.7 Å². The number of hydrogen-bond donors (Lipinski definition) is 2. The molecule has 4 nitrogen and oxygen atoms in total. The van der Waals surface area contributed by atoms with Gasteiger partial charge in [-0.1, -0.05) is 6.92 Å². The zero-order valence-electron chi connectivity index (χ0n) is 7.36. The Kier molecular flexibility index (Phi) is 3.05. The molecule has 70 valence electrons. The summed E-state index contributed by atoms with van der Waals surface area (Å²) in [6, 6.07) is -0.679. The standard InChI is InChI=1S/C8H16N2O2/c1-2-10-4-3-6(5-10)7(9)8(11)12/h6-7H,2-5,9H2,1H3,(H,11,12). The fraction of sp³-hybridized carbons (Fsp3) is 0.875. The Labute approximate surface area is 72.3 Å². The topological polar surface area (TPSA) is 66.6 Å². The Balaban J connectivity index is 2.41. The SMILES string of the molecule is CCN1CCC(C(N)C(=O)O)C1. The van der Waals surface area contributed by atoms with E-state index in [-0.39, 0.29) is 5.92 Å². The lowest BCUT2D eigenvalue weighted by Crippen LogP contribution is -2.39. The van der Waals surface area contributed by atoms with Crippen LogP contribution in [0.25, 0.3) is 0 Å². The van der Waals surface area contributed by atoms with Crippen molar-refractivity contribution in [3.05, 3.63) is 0 Å². The number of rotatable bonds is 3. The molecule has 0 aromatic heterocycles. The number of carbonyl (C=O) groups is 1. The first kappa shape index (κ1) is 9.48. The molecule has 2 atom stereocenters. The van der Waals surface area contributed by atoms with Crippen molar-refractivity contribution < 1.29 is 9.90 Å². The first-order valence-corrected chi connectivity index (χ1v) is 4.36. The maximum atomic E-state index is 10.5. The van der Waals surface area contributed by atoms with E-state index in [0.717, 1.165) is 26.1 Å². The van der Waals surface area contributed by atoms with Crippen molar-refractivity contribution in [1.82, 2.24) is 4.90 Å². The fourth-order valence-electron chi connectivity index (χ4n) is 1.64. The summed E-state index contributed by atoms with van der Waals surface area (Å²) < 4.78 is 0. The summed E-state index contributed by atoms with van der Waals surface area (Å²) in [5.41, 5.74) is 5.51. The zero-order chi connectivity index (χ0) is 9.14. The molecule has 0 aromatic carbocycles. The highest BCUT2D eigenvalue weighted by Gasteiger charge is 2.30. The number of nitrogens with zero attached hydrogens (tertiary/aromatic N) is 1. The Morgan fingerprint density at radius 3 is 2.92 bits per heavy atom. The lowest BCUT2D eigenvalue weighted by molar-refractivity contribution is -0.139. The average molecular weight is 172 g/mol. The predicted octanol–water partition coefficient (Wildman–Crippen LogP) is -0.260. The van der Waals surface area contributed by atoms with Crippen LogP contribution in [0.2, 0.25) is 0 Å². The van der Waals surface area contributed by atoms with Crippen LogP contribution >= 0.6 is 0 Å². The molecule has 1 aliphatic heterocycles. The molecule has 12 heavy (non-hydrogen) atoms. The van der Waals surface area contributed by atoms with Crippen LogP contribution in [0, 0.1) is 5.92 Å². The Bertz CT molecular complexity index is 172. The van der Waals surface area contributed by atoms with E-state index in [4.69, 9.17) is 10.8 Å². The van der Waals surface area contributed by atoms with Crippen LogP contribution < -0.4 is 5.73 Å². The second-order valence-electron chi connectivity index (χ2n) is 3.31. The summed E-state index contributed by atoms with van der Waals surface area (Å²) >= 11 is 0. The van der Waals surface area contributed by atoms with E-state index in [2.05, 4.69) is 11.8 Å². The Morgan fingerprint density at radius 2 is 2.50 bits per heavy atom. The summed E-state index contributed by atoms with van der Waals surface area (Å²) in [4.78, 5) is 12.8. The van der Waals surface area contributed by atoms with Crippen molar-refractivity contribution in [3.8, 4) is 0 Å². The number of hydrogen-bond acceptors (Lipinski definition) is 3. The summed E-state index contributed by atoms with van der Waals surface area (Å²) in [6.07, 6.45) is 0.918. The second-order valence-corrected chi connectivity index (χ2v) is 3.31. The molecule has 1 aliphatic rings. The molecule has 2 unspecified atom stereocenters. The van der Waals surface area contributed by atoms with Crippen LogP contribution in [0.15, 0.2) is 0 Å². The summed E-state index contributed by atoms with van der Waals surface area (Å²) in [5.74, 6) is -0.736. The van der Waals surface area contributed by atoms with Crippen LogP contribution in [0.5, 0.6) is 0 Å². The van der Waals surface area contributed by atoms with E-state index < -0.39 is 12.0 Å². The normalized spacial score (nSPS) is 27.3. The molecule has 1 rings (SSSR count). The number of likely N-dealkylation sites (tertiary alicyclic amines) is 1. The van der Waals surface area contributed by atoms with E-state index in [0.29, 0.717) is 0 Å². The third kappa shape index (κ3) is 1.95. The fourth-order valence-corrected chi connectivity index (χ4v) is 1.64. The van der Waals surface area contributed by atoms with Crippen LogP contribution in [-0.2, 0) is 4.79 Å². The molecule has 1 heterocycles. The first-order chi connectivity index (χ1) is 5.65. The van der Waals surface area contributed by atoms with Gasteiger partial charge in [0.2, 0.25) is 0 Å². The lowest BCUT2D eigenvalue weighted by Gasteiger charge is -2.15. The van der Waals surface area contributed by atoms with Crippen molar-refractivity contribution >= 4 is 5.97 Å². The lowest BCUT2D eigenvalue weighted by atomic mass is 10.0. The number of aliphatic carboxylic acids is 1. The van der Waals surface area contributed by atoms with Crippen molar-refractivity contribution in [1.29, 1.82) is 0 Å². The van der Waals surface area contributed by atoms with E-state index in [1.165, 1.54) is 0 Å². The monoisotopic (exact) mass is 172 g/mol. The highest BCUT2D eigenvalue weighted by atomic mass is 16.4. The van der Waals surface area contributed by atoms with Gasteiger partial charge in [-0.05, 0) is 25.4 Å². The van der Waals surface area contributed by atoms with Gasteiger partial charge in [-0.25, -0.2) is 0 Å². The van der Waals surface area contributed by atoms with Gasteiger partial charge in [-0.2, -0.15) is 0 Å². The molecule has 3 N–H and O–H groups in total. The van der Waals surface area contributed by atoms with Gasteiger partial charge in [0.25, 0.3) is 0 Å². The predicted molar refractivity (Wildman–Crippen MR) is 45.8 cm³/mol. The molecule has 0 amide bonds. The molecule has 0 spiro atoms. The summed E-state index contributed by atoms with van der Waals surface area (Å²) in [6.45, 7) is 4.89. The van der Waals surface area contributed by atoms with Gasteiger partial charge in [0.15, 0.2) is 0 Å². The van der Waals surface area contributed by atoms with Gasteiger partial charge in [0, 0.05) is 6.54 Å². The quantitative estimate of drug-likeness (QED) is 0.615. The third-order valence-electron chi connectivity index (χ3n) is 2.55. The van der Waals surface area contributed by atoms with Crippen LogP contribution in [0.4, 0.5) is 0 Å². The third-order valence-corrected chi connectivity index (χ3v) is 2.55. The molecule has 4 heteroatoms. The van der Waals surface area contributed by atoms with Gasteiger partial charge >= 0.3 is 5.97 Å². The highest BCUT2D eigenvalue weighted by Crippen LogP contribution is 2.18. The molecule has 0 radical (unpaired) electrons. The number of nitrogens with two attached hydrogens (primary N) is 1. The largest absolute Gasteiger partial charge is 0.480 e. The minimum atomic E-state index is -0.877. The van der Waals surface area contributed by atoms with Crippen LogP contribution in [0.3, 0.4) is 0 Å². The Hall–Kier alpha value is -0.610. The molecule has 0 aliphatic carbocycles. The van der Waals surface area contributed by atoms with Crippen molar-refractivity contribution in [2.75, 3.05) is 19.6 Å². The molecule has 1 saturated heterocycles. The summed E-state index contributed by atoms with van der Waals surface area (Å²) in [7, 11) is 0. The van der Waals surface area contributed by atoms with E-state index in [1.54, 1.807) is 0 Å². The maximum absolute atomic E-state index is 10.5. The molecule has 1 fully saturated rings.